The van der Waals surface area contributed by atoms with Gasteiger partial charge in [0.15, 0.2) is 0 Å². The summed E-state index contributed by atoms with van der Waals surface area (Å²) in [6.07, 6.45) is 1.21. The molecule has 0 bridgehead atoms. The quantitative estimate of drug-likeness (QED) is 0.193. The van der Waals surface area contributed by atoms with E-state index in [0.717, 1.165) is 29.7 Å². The minimum Gasteiger partial charge on any atom is -0.382 e. The van der Waals surface area contributed by atoms with Crippen LogP contribution in [0.3, 0.4) is 0 Å². The van der Waals surface area contributed by atoms with Gasteiger partial charge in [-0.15, -0.1) is 0 Å². The molecule has 1 N–H and O–H groups in total. The summed E-state index contributed by atoms with van der Waals surface area (Å²) in [4.78, 5) is 30.9. The average Bonchev–Trinajstić information content (AvgIpc) is 3.28. The number of amides is 2. The summed E-state index contributed by atoms with van der Waals surface area (Å²) in [5.41, 5.74) is 5.35. The second kappa shape index (κ2) is 13.8. The van der Waals surface area contributed by atoms with Crippen molar-refractivity contribution in [3.63, 3.8) is 0 Å². The topological polar surface area (TPSA) is 61.9 Å². The first kappa shape index (κ1) is 28.1. The number of carbonyl (C=O) groups excluding carboxylic acids is 2. The van der Waals surface area contributed by atoms with Crippen LogP contribution in [0.1, 0.15) is 56.9 Å². The molecular formula is C35H37N3O3. The number of hydrogen-bond acceptors (Lipinski definition) is 4. The number of benzene rings is 4. The Kier molecular flexibility index (Phi) is 9.45. The number of hydrogen-bond donors (Lipinski definition) is 1. The van der Waals surface area contributed by atoms with Crippen LogP contribution in [-0.2, 0) is 17.7 Å². The molecule has 5 rings (SSSR count). The van der Waals surface area contributed by atoms with Gasteiger partial charge in [0.1, 0.15) is 6.17 Å². The highest BCUT2D eigenvalue weighted by molar-refractivity contribution is 5.99. The third kappa shape index (κ3) is 7.02. The summed E-state index contributed by atoms with van der Waals surface area (Å²) in [6.45, 7) is 4.94. The molecule has 1 unspecified atom stereocenters. The Morgan fingerprint density at radius 2 is 1.59 bits per heavy atom. The van der Waals surface area contributed by atoms with E-state index in [9.17, 15) is 9.59 Å². The maximum Gasteiger partial charge on any atom is 0.256 e. The predicted octanol–water partition coefficient (Wildman–Crippen LogP) is 6.56. The van der Waals surface area contributed by atoms with Crippen molar-refractivity contribution in [2.75, 3.05) is 31.6 Å². The van der Waals surface area contributed by atoms with Crippen LogP contribution in [0, 0.1) is 0 Å². The smallest absolute Gasteiger partial charge is 0.256 e. The molecule has 1 aliphatic rings. The van der Waals surface area contributed by atoms with Crippen molar-refractivity contribution in [3.05, 3.63) is 137 Å². The zero-order valence-electron chi connectivity index (χ0n) is 23.5. The molecule has 0 spiro atoms. The van der Waals surface area contributed by atoms with Crippen LogP contribution in [0.5, 0.6) is 0 Å². The average molecular weight is 548 g/mol. The maximum absolute atomic E-state index is 13.9. The first-order valence-electron chi connectivity index (χ1n) is 14.4. The molecule has 0 aromatic heterocycles. The lowest BCUT2D eigenvalue weighted by Crippen LogP contribution is -2.34. The van der Waals surface area contributed by atoms with Gasteiger partial charge < -0.3 is 19.9 Å². The van der Waals surface area contributed by atoms with Crippen molar-refractivity contribution in [3.8, 4) is 0 Å². The number of carbonyl (C=O) groups is 2. The molecule has 6 nitrogen and oxygen atoms in total. The molecule has 2 amide bonds. The number of anilines is 1. The highest BCUT2D eigenvalue weighted by atomic mass is 16.5. The van der Waals surface area contributed by atoms with Gasteiger partial charge in [0, 0.05) is 55.2 Å². The lowest BCUT2D eigenvalue weighted by Gasteiger charge is -2.28. The molecule has 0 fully saturated rings. The van der Waals surface area contributed by atoms with Crippen LogP contribution in [0.2, 0.25) is 0 Å². The zero-order chi connectivity index (χ0) is 28.4. The second-order valence-corrected chi connectivity index (χ2v) is 10.2. The monoisotopic (exact) mass is 547 g/mol. The number of nitrogens with one attached hydrogen (secondary N) is 1. The molecule has 0 aliphatic carbocycles. The lowest BCUT2D eigenvalue weighted by molar-refractivity contribution is 0.0706. The highest BCUT2D eigenvalue weighted by Crippen LogP contribution is 2.34. The van der Waals surface area contributed by atoms with Crippen LogP contribution in [0.15, 0.2) is 109 Å². The van der Waals surface area contributed by atoms with E-state index in [2.05, 4.69) is 29.6 Å². The van der Waals surface area contributed by atoms with Gasteiger partial charge in [0.05, 0.1) is 0 Å². The Balaban J connectivity index is 1.36. The van der Waals surface area contributed by atoms with E-state index < -0.39 is 0 Å². The summed E-state index contributed by atoms with van der Waals surface area (Å²) in [5, 5.41) is 3.55. The molecule has 4 aromatic rings. The van der Waals surface area contributed by atoms with Crippen LogP contribution in [0.25, 0.3) is 0 Å². The Bertz CT molecular complexity index is 1440. The minimum atomic E-state index is -0.316. The van der Waals surface area contributed by atoms with Gasteiger partial charge >= 0.3 is 0 Å². The van der Waals surface area contributed by atoms with E-state index in [-0.39, 0.29) is 18.0 Å². The molecule has 0 saturated carbocycles. The maximum atomic E-state index is 13.9. The molecule has 1 aliphatic heterocycles. The Labute approximate surface area is 242 Å². The fourth-order valence-corrected chi connectivity index (χ4v) is 5.29. The van der Waals surface area contributed by atoms with Gasteiger partial charge in [0.2, 0.25) is 0 Å². The first-order valence-corrected chi connectivity index (χ1v) is 14.4. The molecule has 4 aromatic carbocycles. The number of rotatable bonds is 13. The SMILES string of the molecule is CCOCCCN1C(=O)c2ccccc2C1Nc1cccc(C(=O)N(CCc2ccccc2)Cc2ccccc2)c1. The van der Waals surface area contributed by atoms with E-state index in [1.807, 2.05) is 102 Å². The molecule has 41 heavy (non-hydrogen) atoms. The lowest BCUT2D eigenvalue weighted by atomic mass is 10.1. The van der Waals surface area contributed by atoms with E-state index in [1.165, 1.54) is 5.56 Å². The normalized spacial score (nSPS) is 14.1. The summed E-state index contributed by atoms with van der Waals surface area (Å²) in [7, 11) is 0. The molecule has 6 heteroatoms. The fraction of sp³-hybridized carbons (Fsp3) is 0.257. The molecule has 0 radical (unpaired) electrons. The van der Waals surface area contributed by atoms with Crippen LogP contribution in [0.4, 0.5) is 5.69 Å². The molecule has 1 heterocycles. The highest BCUT2D eigenvalue weighted by Gasteiger charge is 2.36. The van der Waals surface area contributed by atoms with Crippen LogP contribution in [-0.4, -0.2) is 47.9 Å². The third-order valence-corrected chi connectivity index (χ3v) is 7.38. The van der Waals surface area contributed by atoms with E-state index >= 15 is 0 Å². The van der Waals surface area contributed by atoms with Crippen LogP contribution >= 0.6 is 0 Å². The Morgan fingerprint density at radius 1 is 0.878 bits per heavy atom. The summed E-state index contributed by atoms with van der Waals surface area (Å²) in [6, 6.07) is 35.7. The predicted molar refractivity (Wildman–Crippen MR) is 163 cm³/mol. The van der Waals surface area contributed by atoms with Gasteiger partial charge in [-0.2, -0.15) is 0 Å². The molecule has 1 atom stereocenters. The van der Waals surface area contributed by atoms with Crippen molar-refractivity contribution in [1.29, 1.82) is 0 Å². The first-order chi connectivity index (χ1) is 20.1. The van der Waals surface area contributed by atoms with E-state index in [1.54, 1.807) is 0 Å². The zero-order valence-corrected chi connectivity index (χ0v) is 23.5. The standard InChI is InChI=1S/C35H37N3O3/c1-2-41-24-12-22-38-33(31-19-9-10-20-32(31)35(38)40)36-30-18-11-17-29(25-30)34(39)37(26-28-15-7-4-8-16-28)23-21-27-13-5-3-6-14-27/h3-11,13-20,25,33,36H,2,12,21-24,26H2,1H3. The van der Waals surface area contributed by atoms with Gasteiger partial charge in [0.25, 0.3) is 11.8 Å². The van der Waals surface area contributed by atoms with Crippen molar-refractivity contribution in [2.24, 2.45) is 0 Å². The van der Waals surface area contributed by atoms with E-state index in [0.29, 0.717) is 44.0 Å². The second-order valence-electron chi connectivity index (χ2n) is 10.2. The van der Waals surface area contributed by atoms with Crippen molar-refractivity contribution in [1.82, 2.24) is 9.80 Å². The molecular weight excluding hydrogens is 510 g/mol. The summed E-state index contributed by atoms with van der Waals surface area (Å²) >= 11 is 0. The Morgan fingerprint density at radius 3 is 2.34 bits per heavy atom. The number of fused-ring (bicyclic) bond motifs is 1. The van der Waals surface area contributed by atoms with Gasteiger partial charge in [-0.05, 0) is 55.2 Å². The van der Waals surface area contributed by atoms with Crippen LogP contribution < -0.4 is 5.32 Å². The number of nitrogens with zero attached hydrogens (tertiary/aromatic N) is 2. The van der Waals surface area contributed by atoms with Gasteiger partial charge in [-0.25, -0.2) is 0 Å². The molecule has 0 saturated heterocycles. The largest absolute Gasteiger partial charge is 0.382 e. The fourth-order valence-electron chi connectivity index (χ4n) is 5.29. The molecule has 210 valence electrons. The third-order valence-electron chi connectivity index (χ3n) is 7.38. The van der Waals surface area contributed by atoms with E-state index in [4.69, 9.17) is 4.74 Å². The van der Waals surface area contributed by atoms with Crippen molar-refractivity contribution < 1.29 is 14.3 Å². The summed E-state index contributed by atoms with van der Waals surface area (Å²) < 4.78 is 5.51. The van der Waals surface area contributed by atoms with Crippen molar-refractivity contribution >= 4 is 17.5 Å². The van der Waals surface area contributed by atoms with Gasteiger partial charge in [-0.1, -0.05) is 84.9 Å². The number of ether oxygens (including phenoxy) is 1. The summed E-state index contributed by atoms with van der Waals surface area (Å²) in [5.74, 6) is -0.0123. The van der Waals surface area contributed by atoms with Crippen molar-refractivity contribution in [2.45, 2.75) is 32.5 Å². The van der Waals surface area contributed by atoms with Gasteiger partial charge in [-0.3, -0.25) is 9.59 Å². The Hall–Kier alpha value is -4.42. The minimum absolute atomic E-state index is 0.0109.